The van der Waals surface area contributed by atoms with Crippen LogP contribution in [0.4, 0.5) is 0 Å². The van der Waals surface area contributed by atoms with E-state index in [-0.39, 0.29) is 0 Å². The van der Waals surface area contributed by atoms with Crippen molar-refractivity contribution in [1.82, 2.24) is 0 Å². The summed E-state index contributed by atoms with van der Waals surface area (Å²) in [6.45, 7) is 0. The van der Waals surface area contributed by atoms with Crippen LogP contribution >= 0.6 is 23.2 Å². The predicted octanol–water partition coefficient (Wildman–Crippen LogP) is 2.51. The molecule has 0 heterocycles. The van der Waals surface area contributed by atoms with E-state index in [1.807, 2.05) is 24.3 Å². The van der Waals surface area contributed by atoms with Crippen molar-refractivity contribution in [1.29, 1.82) is 0 Å². The Morgan fingerprint density at radius 3 is 2.69 bits per heavy atom. The maximum atomic E-state index is 6.29. The van der Waals surface area contributed by atoms with Gasteiger partial charge in [0.05, 0.1) is 11.6 Å². The fourth-order valence-corrected chi connectivity index (χ4v) is 2.21. The van der Waals surface area contributed by atoms with E-state index in [2.05, 4.69) is 0 Å². The highest BCUT2D eigenvalue weighted by Crippen LogP contribution is 2.32. The van der Waals surface area contributed by atoms with Crippen molar-refractivity contribution in [3.63, 3.8) is 0 Å². The molecular weight excluding hydrogens is 243 g/mol. The van der Waals surface area contributed by atoms with Gasteiger partial charge in [-0.05, 0) is 23.8 Å². The van der Waals surface area contributed by atoms with Crippen LogP contribution in [-0.4, -0.2) is 6.04 Å². The molecule has 1 aliphatic carbocycles. The number of hydrogen-bond donors (Lipinski definition) is 2. The summed E-state index contributed by atoms with van der Waals surface area (Å²) in [6, 6.07) is 6.90. The van der Waals surface area contributed by atoms with Gasteiger partial charge in [-0.1, -0.05) is 47.5 Å². The molecule has 2 rings (SSSR count). The van der Waals surface area contributed by atoms with Crippen molar-refractivity contribution in [3.8, 4) is 0 Å². The average Bonchev–Trinajstić information content (AvgIpc) is 2.26. The molecule has 4 N–H and O–H groups in total. The van der Waals surface area contributed by atoms with Crippen molar-refractivity contribution in [2.45, 2.75) is 11.6 Å². The van der Waals surface area contributed by atoms with Crippen LogP contribution in [0.15, 0.2) is 47.5 Å². The number of allylic oxidation sites excluding steroid dienone is 2. The van der Waals surface area contributed by atoms with E-state index in [9.17, 15) is 0 Å². The lowest BCUT2D eigenvalue weighted by Gasteiger charge is -2.34. The van der Waals surface area contributed by atoms with E-state index in [0.29, 0.717) is 10.1 Å². The molecule has 0 amide bonds. The van der Waals surface area contributed by atoms with E-state index in [1.165, 1.54) is 0 Å². The number of hydrogen-bond acceptors (Lipinski definition) is 2. The summed E-state index contributed by atoms with van der Waals surface area (Å²) < 4.78 is 0. The molecule has 4 heteroatoms. The second kappa shape index (κ2) is 4.22. The van der Waals surface area contributed by atoms with E-state index >= 15 is 0 Å². The lowest BCUT2D eigenvalue weighted by atomic mass is 9.81. The molecule has 0 radical (unpaired) electrons. The summed E-state index contributed by atoms with van der Waals surface area (Å²) in [5.41, 5.74) is 12.4. The van der Waals surface area contributed by atoms with Crippen molar-refractivity contribution in [2.75, 3.05) is 0 Å². The third-order valence-electron chi connectivity index (χ3n) is 2.76. The van der Waals surface area contributed by atoms with Crippen LogP contribution in [0.5, 0.6) is 0 Å². The highest BCUT2D eigenvalue weighted by molar-refractivity contribution is 6.31. The maximum absolute atomic E-state index is 6.29. The van der Waals surface area contributed by atoms with Crippen molar-refractivity contribution < 1.29 is 0 Å². The number of benzene rings is 1. The summed E-state index contributed by atoms with van der Waals surface area (Å²) in [4.78, 5) is 0. The van der Waals surface area contributed by atoms with Gasteiger partial charge in [0.1, 0.15) is 0 Å². The normalized spacial score (nSPS) is 29.0. The van der Waals surface area contributed by atoms with Gasteiger partial charge in [0, 0.05) is 10.1 Å². The Hall–Kier alpha value is -0.800. The van der Waals surface area contributed by atoms with Crippen LogP contribution < -0.4 is 11.5 Å². The monoisotopic (exact) mass is 254 g/mol. The molecule has 84 valence electrons. The molecule has 1 aliphatic rings. The minimum atomic E-state index is -0.795. The SMILES string of the molecule is NC1C(Cl)=CC=CC1(N)c1cccc(Cl)c1. The number of nitrogens with two attached hydrogens (primary N) is 2. The van der Waals surface area contributed by atoms with Crippen LogP contribution in [0.2, 0.25) is 5.02 Å². The molecule has 0 bridgehead atoms. The van der Waals surface area contributed by atoms with Crippen molar-refractivity contribution in [3.05, 3.63) is 58.1 Å². The van der Waals surface area contributed by atoms with Crippen LogP contribution in [0.3, 0.4) is 0 Å². The molecule has 0 fully saturated rings. The standard InChI is InChI=1S/C12H12Cl2N2/c13-9-4-1-3-8(7-9)12(16)6-2-5-10(14)11(12)15/h1-7,11H,15-16H2. The summed E-state index contributed by atoms with van der Waals surface area (Å²) in [5, 5.41) is 1.18. The number of halogens is 2. The van der Waals surface area contributed by atoms with E-state index in [0.717, 1.165) is 5.56 Å². The smallest absolute Gasteiger partial charge is 0.0803 e. The summed E-state index contributed by atoms with van der Waals surface area (Å²) in [6.07, 6.45) is 5.41. The largest absolute Gasteiger partial charge is 0.321 e. The van der Waals surface area contributed by atoms with Gasteiger partial charge in [0.2, 0.25) is 0 Å². The van der Waals surface area contributed by atoms with Gasteiger partial charge in [-0.2, -0.15) is 0 Å². The Kier molecular flexibility index (Phi) is 3.08. The van der Waals surface area contributed by atoms with E-state index in [4.69, 9.17) is 34.7 Å². The molecular formula is C12H12Cl2N2. The Balaban J connectivity index is 2.47. The zero-order chi connectivity index (χ0) is 11.8. The molecule has 0 saturated heterocycles. The van der Waals surface area contributed by atoms with Crippen molar-refractivity contribution in [2.24, 2.45) is 11.5 Å². The van der Waals surface area contributed by atoms with Crippen LogP contribution in [0.25, 0.3) is 0 Å². The zero-order valence-electron chi connectivity index (χ0n) is 8.53. The molecule has 1 aromatic carbocycles. The Bertz CT molecular complexity index is 468. The van der Waals surface area contributed by atoms with Gasteiger partial charge in [-0.25, -0.2) is 0 Å². The fraction of sp³-hybridized carbons (Fsp3) is 0.167. The average molecular weight is 255 g/mol. The van der Waals surface area contributed by atoms with Crippen LogP contribution in [0.1, 0.15) is 5.56 Å². The minimum absolute atomic E-state index is 0.447. The van der Waals surface area contributed by atoms with Crippen LogP contribution in [0, 0.1) is 0 Å². The van der Waals surface area contributed by atoms with E-state index in [1.54, 1.807) is 18.2 Å². The minimum Gasteiger partial charge on any atom is -0.321 e. The lowest BCUT2D eigenvalue weighted by Crippen LogP contribution is -2.52. The summed E-state index contributed by atoms with van der Waals surface area (Å²) >= 11 is 12.0. The molecule has 0 aliphatic heterocycles. The molecule has 16 heavy (non-hydrogen) atoms. The first-order chi connectivity index (χ1) is 7.54. The molecule has 1 aromatic rings. The third kappa shape index (κ3) is 1.89. The Morgan fingerprint density at radius 2 is 2.00 bits per heavy atom. The van der Waals surface area contributed by atoms with Gasteiger partial charge in [0.15, 0.2) is 0 Å². The fourth-order valence-electron chi connectivity index (χ4n) is 1.77. The first kappa shape index (κ1) is 11.7. The first-order valence-electron chi connectivity index (χ1n) is 4.89. The van der Waals surface area contributed by atoms with Crippen LogP contribution in [-0.2, 0) is 5.54 Å². The quantitative estimate of drug-likeness (QED) is 0.810. The molecule has 0 saturated carbocycles. The van der Waals surface area contributed by atoms with Gasteiger partial charge in [-0.3, -0.25) is 0 Å². The first-order valence-corrected chi connectivity index (χ1v) is 5.65. The Morgan fingerprint density at radius 1 is 1.25 bits per heavy atom. The summed E-state index contributed by atoms with van der Waals surface area (Å²) in [7, 11) is 0. The topological polar surface area (TPSA) is 52.0 Å². The second-order valence-corrected chi connectivity index (χ2v) is 4.70. The Labute approximate surface area is 105 Å². The maximum Gasteiger partial charge on any atom is 0.0803 e. The molecule has 0 aromatic heterocycles. The molecule has 2 nitrogen and oxygen atoms in total. The van der Waals surface area contributed by atoms with E-state index < -0.39 is 11.6 Å². The lowest BCUT2D eigenvalue weighted by molar-refractivity contribution is 0.486. The molecule has 2 unspecified atom stereocenters. The predicted molar refractivity (Wildman–Crippen MR) is 68.4 cm³/mol. The van der Waals surface area contributed by atoms with Gasteiger partial charge < -0.3 is 11.5 Å². The second-order valence-electron chi connectivity index (χ2n) is 3.83. The highest BCUT2D eigenvalue weighted by Gasteiger charge is 2.35. The van der Waals surface area contributed by atoms with Gasteiger partial charge in [0.25, 0.3) is 0 Å². The number of rotatable bonds is 1. The molecule has 0 spiro atoms. The molecule has 2 atom stereocenters. The summed E-state index contributed by atoms with van der Waals surface area (Å²) in [5.74, 6) is 0. The van der Waals surface area contributed by atoms with Crippen molar-refractivity contribution >= 4 is 23.2 Å². The zero-order valence-corrected chi connectivity index (χ0v) is 10.0. The highest BCUT2D eigenvalue weighted by atomic mass is 35.5. The third-order valence-corrected chi connectivity index (χ3v) is 3.36. The van der Waals surface area contributed by atoms with Gasteiger partial charge in [-0.15, -0.1) is 0 Å². The van der Waals surface area contributed by atoms with Gasteiger partial charge >= 0.3 is 0 Å².